The molecular formula is C29H45F3N4O3. The number of halogens is 3. The second kappa shape index (κ2) is 18.9. The molecule has 0 saturated heterocycles. The molecule has 1 amide bonds. The molecule has 0 aliphatic carbocycles. The van der Waals surface area contributed by atoms with Gasteiger partial charge in [0.1, 0.15) is 5.75 Å². The van der Waals surface area contributed by atoms with Gasteiger partial charge in [-0.2, -0.15) is 13.2 Å². The Balaban J connectivity index is 0.000000592. The number of aromatic amines is 1. The highest BCUT2D eigenvalue weighted by atomic mass is 19.4. The molecule has 3 aromatic rings. The number of carbonyl (C=O) groups excluding carboxylic acids is 1. The molecule has 0 spiro atoms. The number of H-pyrrole nitrogens is 1. The highest BCUT2D eigenvalue weighted by Gasteiger charge is 2.22. The number of pyridine rings is 1. The van der Waals surface area contributed by atoms with Crippen LogP contribution in [-0.4, -0.2) is 42.8 Å². The molecule has 3 rings (SSSR count). The lowest BCUT2D eigenvalue weighted by molar-refractivity contribution is -0.130. The quantitative estimate of drug-likeness (QED) is 0.218. The molecule has 220 valence electrons. The van der Waals surface area contributed by atoms with Crippen LogP contribution in [0.3, 0.4) is 0 Å². The van der Waals surface area contributed by atoms with Gasteiger partial charge in [0.25, 0.3) is 5.56 Å². The number of aromatic nitrogens is 2. The van der Waals surface area contributed by atoms with Crippen LogP contribution >= 0.6 is 0 Å². The van der Waals surface area contributed by atoms with Crippen LogP contribution in [-0.2, 0) is 17.9 Å². The lowest BCUT2D eigenvalue weighted by Gasteiger charge is -2.08. The third kappa shape index (κ3) is 12.4. The Labute approximate surface area is 230 Å². The van der Waals surface area contributed by atoms with E-state index in [4.69, 9.17) is 4.74 Å². The van der Waals surface area contributed by atoms with Crippen molar-refractivity contribution in [1.29, 1.82) is 0 Å². The number of unbranched alkanes of at least 4 members (excludes halogenated alkanes) is 1. The van der Waals surface area contributed by atoms with E-state index < -0.39 is 12.6 Å². The number of rotatable bonds is 9. The van der Waals surface area contributed by atoms with Gasteiger partial charge in [-0.15, -0.1) is 0 Å². The summed E-state index contributed by atoms with van der Waals surface area (Å²) in [5.41, 5.74) is 5.12. The summed E-state index contributed by atoms with van der Waals surface area (Å²) in [4.78, 5) is 24.2. The molecule has 0 saturated carbocycles. The van der Waals surface area contributed by atoms with E-state index >= 15 is 0 Å². The van der Waals surface area contributed by atoms with Crippen molar-refractivity contribution in [2.24, 2.45) is 0 Å². The van der Waals surface area contributed by atoms with Gasteiger partial charge in [-0.05, 0) is 64.9 Å². The molecule has 1 aromatic carbocycles. The molecule has 2 aromatic heterocycles. The van der Waals surface area contributed by atoms with Gasteiger partial charge < -0.3 is 24.9 Å². The molecule has 0 bridgehead atoms. The van der Waals surface area contributed by atoms with E-state index in [1.165, 1.54) is 42.1 Å². The fourth-order valence-corrected chi connectivity index (χ4v) is 3.64. The summed E-state index contributed by atoms with van der Waals surface area (Å²) in [7, 11) is 3.50. The predicted octanol–water partition coefficient (Wildman–Crippen LogP) is 6.18. The molecular weight excluding hydrogens is 509 g/mol. The molecule has 0 atom stereocenters. The number of hydrogen-bond acceptors (Lipinski definition) is 4. The average molecular weight is 555 g/mol. The van der Waals surface area contributed by atoms with E-state index in [1.807, 2.05) is 20.9 Å². The molecule has 3 N–H and O–H groups in total. The van der Waals surface area contributed by atoms with Gasteiger partial charge in [0, 0.05) is 35.3 Å². The zero-order valence-electron chi connectivity index (χ0n) is 24.5. The Bertz CT molecular complexity index is 1170. The summed E-state index contributed by atoms with van der Waals surface area (Å²) >= 11 is 0. The van der Waals surface area contributed by atoms with Crippen LogP contribution in [0.25, 0.3) is 10.9 Å². The monoisotopic (exact) mass is 554 g/mol. The summed E-state index contributed by atoms with van der Waals surface area (Å²) in [5.74, 6) is 0.487. The summed E-state index contributed by atoms with van der Waals surface area (Å²) in [6.45, 7) is 13.7. The third-order valence-electron chi connectivity index (χ3n) is 5.82. The zero-order valence-corrected chi connectivity index (χ0v) is 24.5. The maximum Gasteiger partial charge on any atom is 0.388 e. The molecule has 0 aliphatic rings. The summed E-state index contributed by atoms with van der Waals surface area (Å²) in [5, 5.41) is 7.02. The van der Waals surface area contributed by atoms with Gasteiger partial charge in [-0.3, -0.25) is 9.59 Å². The molecule has 10 heteroatoms. The van der Waals surface area contributed by atoms with Crippen molar-refractivity contribution in [3.63, 3.8) is 0 Å². The Morgan fingerprint density at radius 1 is 1.10 bits per heavy atom. The number of hydrogen-bond donors (Lipinski definition) is 3. The Morgan fingerprint density at radius 2 is 1.72 bits per heavy atom. The minimum atomic E-state index is -3.96. The number of amides is 1. The lowest BCUT2D eigenvalue weighted by atomic mass is 10.2. The second-order valence-corrected chi connectivity index (χ2v) is 8.49. The molecule has 39 heavy (non-hydrogen) atoms. The van der Waals surface area contributed by atoms with Gasteiger partial charge in [0.15, 0.2) is 0 Å². The SMILES string of the molecule is CC.CCC(F)(F)F.CNCCCCn1c(C)c(C)c2ccccc21.COc1cc(C)[nH]c(=O)c1CNC=O. The summed E-state index contributed by atoms with van der Waals surface area (Å²) in [6.07, 6.45) is -1.67. The first-order valence-corrected chi connectivity index (χ1v) is 13.2. The highest BCUT2D eigenvalue weighted by Crippen LogP contribution is 2.25. The number of alkyl halides is 3. The Kier molecular flexibility index (Phi) is 17.3. The minimum absolute atomic E-state index is 0.169. The van der Waals surface area contributed by atoms with Crippen LogP contribution in [0.5, 0.6) is 5.75 Å². The molecule has 0 fully saturated rings. The van der Waals surface area contributed by atoms with E-state index in [-0.39, 0.29) is 12.1 Å². The van der Waals surface area contributed by atoms with Crippen LogP contribution in [0.15, 0.2) is 35.1 Å². The van der Waals surface area contributed by atoms with Gasteiger partial charge in [0.2, 0.25) is 6.41 Å². The van der Waals surface area contributed by atoms with E-state index in [9.17, 15) is 22.8 Å². The van der Waals surface area contributed by atoms with Crippen molar-refractivity contribution < 1.29 is 22.7 Å². The number of para-hydroxylation sites is 1. The minimum Gasteiger partial charge on any atom is -0.496 e. The number of nitrogens with zero attached hydrogens (tertiary/aromatic N) is 1. The maximum absolute atomic E-state index is 11.4. The Morgan fingerprint density at radius 3 is 2.26 bits per heavy atom. The van der Waals surface area contributed by atoms with Crippen molar-refractivity contribution in [3.8, 4) is 5.75 Å². The molecule has 0 radical (unpaired) electrons. The predicted molar refractivity (Wildman–Crippen MR) is 154 cm³/mol. The normalized spacial score (nSPS) is 10.3. The van der Waals surface area contributed by atoms with Crippen molar-refractivity contribution in [2.45, 2.75) is 80.1 Å². The van der Waals surface area contributed by atoms with E-state index in [0.717, 1.165) is 25.7 Å². The van der Waals surface area contributed by atoms with Gasteiger partial charge in [-0.25, -0.2) is 0 Å². The van der Waals surface area contributed by atoms with E-state index in [0.29, 0.717) is 17.7 Å². The van der Waals surface area contributed by atoms with Crippen LogP contribution in [0.2, 0.25) is 0 Å². The first-order valence-electron chi connectivity index (χ1n) is 13.2. The lowest BCUT2D eigenvalue weighted by Crippen LogP contribution is -2.21. The summed E-state index contributed by atoms with van der Waals surface area (Å²) < 4.78 is 39.8. The van der Waals surface area contributed by atoms with Crippen molar-refractivity contribution in [1.82, 2.24) is 20.2 Å². The highest BCUT2D eigenvalue weighted by molar-refractivity contribution is 5.85. The standard InChI is InChI=1S/C15H22N2.C9H12N2O3.C3H5F3.C2H6/c1-12-13(2)17(11-7-6-10-16-3)15-9-5-4-8-14(12)15;1-6-3-8(14-2)7(4-10-5-12)9(13)11-6;1-2-3(4,5)6;1-2/h4-5,8-9,16H,6-7,10-11H2,1-3H3;3,5H,4H2,1-2H3,(H,10,12)(H,11,13);2H2,1H3;1-2H3. The number of carbonyl (C=O) groups is 1. The van der Waals surface area contributed by atoms with Crippen molar-refractivity contribution in [3.05, 3.63) is 63.2 Å². The smallest absolute Gasteiger partial charge is 0.388 e. The molecule has 0 unspecified atom stereocenters. The number of ether oxygens (including phenoxy) is 1. The average Bonchev–Trinajstić information content (AvgIpc) is 3.16. The van der Waals surface area contributed by atoms with Gasteiger partial charge >= 0.3 is 6.18 Å². The topological polar surface area (TPSA) is 88.2 Å². The first kappa shape index (κ1) is 35.7. The number of methoxy groups -OCH3 is 1. The van der Waals surface area contributed by atoms with E-state index in [1.54, 1.807) is 13.0 Å². The van der Waals surface area contributed by atoms with Gasteiger partial charge in [0.05, 0.1) is 19.2 Å². The first-order chi connectivity index (χ1) is 18.5. The van der Waals surface area contributed by atoms with Crippen LogP contribution in [0, 0.1) is 20.8 Å². The van der Waals surface area contributed by atoms with Crippen molar-refractivity contribution in [2.75, 3.05) is 20.7 Å². The van der Waals surface area contributed by atoms with Crippen LogP contribution in [0.1, 0.15) is 62.5 Å². The molecule has 0 aliphatic heterocycles. The number of benzene rings is 1. The number of aryl methyl sites for hydroxylation is 3. The maximum atomic E-state index is 11.4. The fourth-order valence-electron chi connectivity index (χ4n) is 3.64. The zero-order chi connectivity index (χ0) is 30.0. The van der Waals surface area contributed by atoms with E-state index in [2.05, 4.69) is 58.3 Å². The van der Waals surface area contributed by atoms with Crippen LogP contribution < -0.4 is 20.9 Å². The van der Waals surface area contributed by atoms with Crippen molar-refractivity contribution >= 4 is 17.3 Å². The van der Waals surface area contributed by atoms with Crippen LogP contribution in [0.4, 0.5) is 13.2 Å². The molecule has 2 heterocycles. The fraction of sp³-hybridized carbons (Fsp3) is 0.517. The number of nitrogens with one attached hydrogen (secondary N) is 3. The second-order valence-electron chi connectivity index (χ2n) is 8.49. The summed E-state index contributed by atoms with van der Waals surface area (Å²) in [6, 6.07) is 10.4. The molecule has 7 nitrogen and oxygen atoms in total. The Hall–Kier alpha value is -3.27. The largest absolute Gasteiger partial charge is 0.496 e. The van der Waals surface area contributed by atoms with Gasteiger partial charge in [-0.1, -0.05) is 39.0 Å². The number of fused-ring (bicyclic) bond motifs is 1. The third-order valence-corrected chi connectivity index (χ3v) is 5.82.